The number of hydrogen-bond acceptors (Lipinski definition) is 6. The Morgan fingerprint density at radius 3 is 1.35 bits per heavy atom. The van der Waals surface area contributed by atoms with E-state index in [0.29, 0.717) is 23.3 Å². The number of furan rings is 1. The van der Waals surface area contributed by atoms with Crippen LogP contribution < -0.4 is 0 Å². The van der Waals surface area contributed by atoms with Crippen LogP contribution in [-0.4, -0.2) is 24.9 Å². The van der Waals surface area contributed by atoms with Crippen molar-refractivity contribution < 1.29 is 4.42 Å². The third-order valence-corrected chi connectivity index (χ3v) is 11.9. The van der Waals surface area contributed by atoms with Crippen LogP contribution in [0.2, 0.25) is 0 Å². The SMILES string of the molecule is c1ccc(-c2cccc(-c3nc(-c4cccc(-c5cccc(-c6cc(-c7ccc8ccccc8c7)nc(-c7ccccc7)n6)c5)c4)nc(-c4ccc5c(c4)oc4ccccc45)n3)c2)cc1. The second kappa shape index (κ2) is 16.1. The summed E-state index contributed by atoms with van der Waals surface area (Å²) >= 11 is 0. The lowest BCUT2D eigenvalue weighted by molar-refractivity contribution is 0.669. The van der Waals surface area contributed by atoms with Crippen molar-refractivity contribution >= 4 is 32.7 Å². The summed E-state index contributed by atoms with van der Waals surface area (Å²) in [5, 5.41) is 4.48. The molecule has 6 heteroatoms. The van der Waals surface area contributed by atoms with Gasteiger partial charge in [0.05, 0.1) is 11.4 Å². The lowest BCUT2D eigenvalue weighted by Crippen LogP contribution is -2.00. The molecule has 0 aliphatic rings. The highest BCUT2D eigenvalue weighted by Gasteiger charge is 2.17. The second-order valence-electron chi connectivity index (χ2n) is 16.1. The monoisotopic (exact) mass is 831 g/mol. The zero-order chi connectivity index (χ0) is 43.1. The largest absolute Gasteiger partial charge is 0.456 e. The van der Waals surface area contributed by atoms with Gasteiger partial charge in [-0.05, 0) is 81.6 Å². The van der Waals surface area contributed by atoms with Gasteiger partial charge in [0.2, 0.25) is 0 Å². The first-order chi connectivity index (χ1) is 32.1. The standard InChI is InChI=1S/C59H37N5O/c1-3-14-38(15-4-1)42-20-12-24-47(34-42)57-62-58(64-59(63-57)49-30-31-51-50-26-9-10-27-54(50)65-55(51)36-49)48-25-13-22-44(35-48)43-21-11-23-45(33-43)52-37-53(61-56(60-52)40-17-5-2-6-18-40)46-29-28-39-16-7-8-19-41(39)32-46/h1-37H. The average Bonchev–Trinajstić information content (AvgIpc) is 3.77. The molecule has 65 heavy (non-hydrogen) atoms. The third-order valence-electron chi connectivity index (χ3n) is 11.9. The summed E-state index contributed by atoms with van der Waals surface area (Å²) < 4.78 is 6.31. The van der Waals surface area contributed by atoms with Crippen molar-refractivity contribution in [3.05, 3.63) is 224 Å². The molecule has 304 valence electrons. The Bertz CT molecular complexity index is 3730. The molecule has 0 amide bonds. The number of aromatic nitrogens is 5. The van der Waals surface area contributed by atoms with Gasteiger partial charge in [0.1, 0.15) is 11.2 Å². The van der Waals surface area contributed by atoms with E-state index >= 15 is 0 Å². The maximum atomic E-state index is 6.31. The van der Waals surface area contributed by atoms with Gasteiger partial charge in [-0.25, -0.2) is 24.9 Å². The summed E-state index contributed by atoms with van der Waals surface area (Å²) in [4.78, 5) is 25.7. The van der Waals surface area contributed by atoms with Crippen LogP contribution in [0.1, 0.15) is 0 Å². The molecule has 0 saturated heterocycles. The molecule has 3 aromatic heterocycles. The molecule has 6 nitrogen and oxygen atoms in total. The second-order valence-corrected chi connectivity index (χ2v) is 16.1. The van der Waals surface area contributed by atoms with Gasteiger partial charge in [0, 0.05) is 44.2 Å². The van der Waals surface area contributed by atoms with E-state index in [1.807, 2.05) is 48.5 Å². The molecule has 0 saturated carbocycles. The summed E-state index contributed by atoms with van der Waals surface area (Å²) in [6, 6.07) is 77.1. The summed E-state index contributed by atoms with van der Waals surface area (Å²) in [6.07, 6.45) is 0. The Balaban J connectivity index is 0.958. The van der Waals surface area contributed by atoms with Gasteiger partial charge >= 0.3 is 0 Å². The molecule has 0 bridgehead atoms. The molecule has 12 rings (SSSR count). The molecule has 0 spiro atoms. The van der Waals surface area contributed by atoms with Gasteiger partial charge in [0.15, 0.2) is 23.3 Å². The number of rotatable bonds is 8. The van der Waals surface area contributed by atoms with Crippen molar-refractivity contribution in [2.45, 2.75) is 0 Å². The molecule has 0 aliphatic carbocycles. The number of nitrogens with zero attached hydrogens (tertiary/aromatic N) is 5. The van der Waals surface area contributed by atoms with E-state index in [1.165, 1.54) is 10.8 Å². The zero-order valence-corrected chi connectivity index (χ0v) is 35.0. The maximum Gasteiger partial charge on any atom is 0.164 e. The smallest absolute Gasteiger partial charge is 0.164 e. The van der Waals surface area contributed by atoms with Gasteiger partial charge in [0.25, 0.3) is 0 Å². The summed E-state index contributed by atoms with van der Waals surface area (Å²) in [7, 11) is 0. The van der Waals surface area contributed by atoms with Gasteiger partial charge in [-0.2, -0.15) is 0 Å². The minimum atomic E-state index is 0.560. The lowest BCUT2D eigenvalue weighted by atomic mass is 9.98. The van der Waals surface area contributed by atoms with E-state index in [9.17, 15) is 0 Å². The van der Waals surface area contributed by atoms with E-state index in [4.69, 9.17) is 29.3 Å². The topological polar surface area (TPSA) is 77.6 Å². The molecular formula is C59H37N5O. The Morgan fingerprint density at radius 1 is 0.231 bits per heavy atom. The molecule has 0 atom stereocenters. The van der Waals surface area contributed by atoms with Crippen LogP contribution >= 0.6 is 0 Å². The highest BCUT2D eigenvalue weighted by Crippen LogP contribution is 2.36. The Hall–Kier alpha value is -8.87. The van der Waals surface area contributed by atoms with Gasteiger partial charge in [-0.3, -0.25) is 0 Å². The number of para-hydroxylation sites is 1. The molecule has 12 aromatic rings. The Kier molecular flexibility index (Phi) is 9.38. The molecule has 3 heterocycles. The fourth-order valence-corrected chi connectivity index (χ4v) is 8.60. The van der Waals surface area contributed by atoms with Crippen LogP contribution in [0.5, 0.6) is 0 Å². The highest BCUT2D eigenvalue weighted by molar-refractivity contribution is 6.05. The van der Waals surface area contributed by atoms with E-state index in [2.05, 4.69) is 176 Å². The maximum absolute atomic E-state index is 6.31. The van der Waals surface area contributed by atoms with E-state index in [0.717, 1.165) is 89.0 Å². The van der Waals surface area contributed by atoms with Crippen molar-refractivity contribution in [2.24, 2.45) is 0 Å². The van der Waals surface area contributed by atoms with Crippen molar-refractivity contribution in [1.29, 1.82) is 0 Å². The predicted octanol–water partition coefficient (Wildman–Crippen LogP) is 15.1. The summed E-state index contributed by atoms with van der Waals surface area (Å²) in [5.41, 5.74) is 13.2. The minimum Gasteiger partial charge on any atom is -0.456 e. The summed E-state index contributed by atoms with van der Waals surface area (Å²) in [5.74, 6) is 2.39. The predicted molar refractivity (Wildman–Crippen MR) is 264 cm³/mol. The average molecular weight is 832 g/mol. The van der Waals surface area contributed by atoms with E-state index < -0.39 is 0 Å². The third kappa shape index (κ3) is 7.39. The fraction of sp³-hybridized carbons (Fsp3) is 0. The minimum absolute atomic E-state index is 0.560. The van der Waals surface area contributed by atoms with Crippen LogP contribution in [0.4, 0.5) is 0 Å². The van der Waals surface area contributed by atoms with E-state index in [1.54, 1.807) is 0 Å². The molecule has 0 N–H and O–H groups in total. The normalized spacial score (nSPS) is 11.4. The van der Waals surface area contributed by atoms with Crippen molar-refractivity contribution in [1.82, 2.24) is 24.9 Å². The van der Waals surface area contributed by atoms with Crippen LogP contribution in [0.25, 0.3) is 123 Å². The molecule has 0 radical (unpaired) electrons. The van der Waals surface area contributed by atoms with Gasteiger partial charge in [-0.15, -0.1) is 0 Å². The Labute approximate surface area is 375 Å². The number of fused-ring (bicyclic) bond motifs is 4. The van der Waals surface area contributed by atoms with Gasteiger partial charge < -0.3 is 4.42 Å². The fourth-order valence-electron chi connectivity index (χ4n) is 8.60. The first-order valence-electron chi connectivity index (χ1n) is 21.6. The highest BCUT2D eigenvalue weighted by atomic mass is 16.3. The zero-order valence-electron chi connectivity index (χ0n) is 35.0. The van der Waals surface area contributed by atoms with Crippen LogP contribution in [0.15, 0.2) is 229 Å². The molecule has 9 aromatic carbocycles. The first kappa shape index (κ1) is 37.9. The number of hydrogen-bond donors (Lipinski definition) is 0. The van der Waals surface area contributed by atoms with Crippen LogP contribution in [0, 0.1) is 0 Å². The number of benzene rings is 9. The van der Waals surface area contributed by atoms with Crippen LogP contribution in [0.3, 0.4) is 0 Å². The van der Waals surface area contributed by atoms with E-state index in [-0.39, 0.29) is 0 Å². The van der Waals surface area contributed by atoms with Crippen LogP contribution in [-0.2, 0) is 0 Å². The molecular weight excluding hydrogens is 795 g/mol. The van der Waals surface area contributed by atoms with Crippen molar-refractivity contribution in [3.8, 4) is 90.3 Å². The summed E-state index contributed by atoms with van der Waals surface area (Å²) in [6.45, 7) is 0. The first-order valence-corrected chi connectivity index (χ1v) is 21.6. The van der Waals surface area contributed by atoms with Crippen molar-refractivity contribution in [3.63, 3.8) is 0 Å². The van der Waals surface area contributed by atoms with Gasteiger partial charge in [-0.1, -0.05) is 176 Å². The van der Waals surface area contributed by atoms with Crippen molar-refractivity contribution in [2.75, 3.05) is 0 Å². The lowest BCUT2D eigenvalue weighted by Gasteiger charge is -2.12. The molecule has 0 aliphatic heterocycles. The molecule has 0 fully saturated rings. The Morgan fingerprint density at radius 2 is 0.677 bits per heavy atom. The quantitative estimate of drug-likeness (QED) is 0.152. The molecule has 0 unspecified atom stereocenters.